The van der Waals surface area contributed by atoms with Gasteiger partial charge in [0.1, 0.15) is 5.52 Å². The lowest BCUT2D eigenvalue weighted by Crippen LogP contribution is -2.25. The summed E-state index contributed by atoms with van der Waals surface area (Å²) in [6, 6.07) is 10.5. The van der Waals surface area contributed by atoms with Crippen LogP contribution in [0.15, 0.2) is 47.4 Å². The third kappa shape index (κ3) is 2.15. The third-order valence-electron chi connectivity index (χ3n) is 2.78. The fourth-order valence-electron chi connectivity index (χ4n) is 1.86. The summed E-state index contributed by atoms with van der Waals surface area (Å²) in [4.78, 5) is 16.4. The van der Waals surface area contributed by atoms with Gasteiger partial charge < -0.3 is 5.73 Å². The molecule has 2 aromatic heterocycles. The molecular formula is C13H11N5O. The van der Waals surface area contributed by atoms with E-state index in [2.05, 4.69) is 15.3 Å². The molecular weight excluding hydrogens is 242 g/mol. The van der Waals surface area contributed by atoms with Crippen molar-refractivity contribution in [3.05, 3.63) is 58.6 Å². The first-order valence-electron chi connectivity index (χ1n) is 5.77. The zero-order chi connectivity index (χ0) is 13.2. The summed E-state index contributed by atoms with van der Waals surface area (Å²) in [5, 5.41) is 8.46. The minimum Gasteiger partial charge on any atom is -0.399 e. The van der Waals surface area contributed by atoms with Crippen molar-refractivity contribution in [1.29, 1.82) is 0 Å². The number of fused-ring (bicyclic) bond motifs is 1. The van der Waals surface area contributed by atoms with Crippen molar-refractivity contribution in [2.75, 3.05) is 5.73 Å². The van der Waals surface area contributed by atoms with E-state index in [1.54, 1.807) is 36.5 Å². The highest BCUT2D eigenvalue weighted by Gasteiger charge is 2.06. The summed E-state index contributed by atoms with van der Waals surface area (Å²) in [5.41, 5.74) is 7.36. The van der Waals surface area contributed by atoms with E-state index >= 15 is 0 Å². The molecule has 6 heteroatoms. The van der Waals surface area contributed by atoms with Crippen LogP contribution in [0, 0.1) is 0 Å². The molecule has 6 nitrogen and oxygen atoms in total. The molecule has 94 valence electrons. The molecule has 0 radical (unpaired) electrons. The maximum absolute atomic E-state index is 12.2. The van der Waals surface area contributed by atoms with Crippen LogP contribution in [-0.2, 0) is 6.54 Å². The Kier molecular flexibility index (Phi) is 2.68. The first-order valence-corrected chi connectivity index (χ1v) is 5.77. The molecule has 0 atom stereocenters. The Morgan fingerprint density at radius 1 is 1.21 bits per heavy atom. The fraction of sp³-hybridized carbons (Fsp3) is 0.0769. The van der Waals surface area contributed by atoms with Crippen LogP contribution in [0.4, 0.5) is 5.69 Å². The van der Waals surface area contributed by atoms with E-state index in [-0.39, 0.29) is 12.1 Å². The molecule has 0 aliphatic rings. The SMILES string of the molecule is Nc1ccnc(Cn2nnc3ccccc3c2=O)c1. The zero-order valence-electron chi connectivity index (χ0n) is 10.0. The number of benzene rings is 1. The average molecular weight is 253 g/mol. The lowest BCUT2D eigenvalue weighted by atomic mass is 10.2. The number of aromatic nitrogens is 4. The topological polar surface area (TPSA) is 86.7 Å². The smallest absolute Gasteiger partial charge is 0.277 e. The van der Waals surface area contributed by atoms with Crippen LogP contribution in [0.1, 0.15) is 5.69 Å². The second kappa shape index (κ2) is 4.49. The van der Waals surface area contributed by atoms with Gasteiger partial charge in [0.15, 0.2) is 0 Å². The van der Waals surface area contributed by atoms with Gasteiger partial charge in [-0.25, -0.2) is 4.68 Å². The molecule has 2 N–H and O–H groups in total. The predicted octanol–water partition coefficient (Wildman–Crippen LogP) is 0.817. The molecule has 3 aromatic rings. The average Bonchev–Trinajstić information content (AvgIpc) is 2.42. The van der Waals surface area contributed by atoms with Crippen molar-refractivity contribution in [2.45, 2.75) is 6.54 Å². The van der Waals surface area contributed by atoms with Gasteiger partial charge in [-0.2, -0.15) is 0 Å². The number of hydrogen-bond donors (Lipinski definition) is 1. The van der Waals surface area contributed by atoms with Crippen LogP contribution < -0.4 is 11.3 Å². The van der Waals surface area contributed by atoms with Crippen molar-refractivity contribution in [1.82, 2.24) is 20.0 Å². The van der Waals surface area contributed by atoms with Gasteiger partial charge in [0.25, 0.3) is 5.56 Å². The Bertz CT molecular complexity index is 796. The summed E-state index contributed by atoms with van der Waals surface area (Å²) in [6.07, 6.45) is 1.60. The summed E-state index contributed by atoms with van der Waals surface area (Å²) in [7, 11) is 0. The summed E-state index contributed by atoms with van der Waals surface area (Å²) in [5.74, 6) is 0. The lowest BCUT2D eigenvalue weighted by molar-refractivity contribution is 0.592. The van der Waals surface area contributed by atoms with Crippen LogP contribution in [0.2, 0.25) is 0 Å². The molecule has 19 heavy (non-hydrogen) atoms. The molecule has 0 spiro atoms. The number of anilines is 1. The van der Waals surface area contributed by atoms with Crippen LogP contribution >= 0.6 is 0 Å². The molecule has 0 unspecified atom stereocenters. The Labute approximate surface area is 108 Å². The molecule has 1 aromatic carbocycles. The Morgan fingerprint density at radius 2 is 2.05 bits per heavy atom. The van der Waals surface area contributed by atoms with E-state index < -0.39 is 0 Å². The maximum atomic E-state index is 12.2. The van der Waals surface area contributed by atoms with E-state index in [0.717, 1.165) is 0 Å². The van der Waals surface area contributed by atoms with Crippen molar-refractivity contribution in [3.63, 3.8) is 0 Å². The molecule has 0 amide bonds. The number of nitrogen functional groups attached to an aromatic ring is 1. The van der Waals surface area contributed by atoms with Gasteiger partial charge in [0.2, 0.25) is 0 Å². The fourth-order valence-corrected chi connectivity index (χ4v) is 1.86. The number of pyridine rings is 1. The molecule has 2 heterocycles. The van der Waals surface area contributed by atoms with Gasteiger partial charge in [-0.15, -0.1) is 5.10 Å². The van der Waals surface area contributed by atoms with E-state index in [0.29, 0.717) is 22.3 Å². The standard InChI is InChI=1S/C13H11N5O/c14-9-5-6-15-10(7-9)8-18-13(19)11-3-1-2-4-12(11)16-17-18/h1-7H,8H2,(H2,14,15). The maximum Gasteiger partial charge on any atom is 0.277 e. The van der Waals surface area contributed by atoms with Gasteiger partial charge in [-0.1, -0.05) is 17.3 Å². The van der Waals surface area contributed by atoms with E-state index in [1.807, 2.05) is 6.07 Å². The first-order chi connectivity index (χ1) is 9.24. The summed E-state index contributed by atoms with van der Waals surface area (Å²) in [6.45, 7) is 0.252. The predicted molar refractivity (Wildman–Crippen MR) is 71.5 cm³/mol. The van der Waals surface area contributed by atoms with Gasteiger partial charge in [-0.05, 0) is 24.3 Å². The van der Waals surface area contributed by atoms with E-state index in [9.17, 15) is 4.79 Å². The van der Waals surface area contributed by atoms with Crippen LogP contribution in [0.25, 0.3) is 10.9 Å². The number of nitrogens with zero attached hydrogens (tertiary/aromatic N) is 4. The Morgan fingerprint density at radius 3 is 2.89 bits per heavy atom. The minimum atomic E-state index is -0.185. The monoisotopic (exact) mass is 253 g/mol. The molecule has 0 fully saturated rings. The molecule has 3 rings (SSSR count). The molecule has 0 bridgehead atoms. The third-order valence-corrected chi connectivity index (χ3v) is 2.78. The molecule has 0 saturated carbocycles. The van der Waals surface area contributed by atoms with Crippen molar-refractivity contribution in [3.8, 4) is 0 Å². The molecule has 0 aliphatic carbocycles. The number of rotatable bonds is 2. The molecule has 0 saturated heterocycles. The van der Waals surface area contributed by atoms with Crippen LogP contribution in [-0.4, -0.2) is 20.0 Å². The highest BCUT2D eigenvalue weighted by atomic mass is 16.1. The van der Waals surface area contributed by atoms with Crippen LogP contribution in [0.3, 0.4) is 0 Å². The van der Waals surface area contributed by atoms with Crippen molar-refractivity contribution >= 4 is 16.6 Å². The van der Waals surface area contributed by atoms with Gasteiger partial charge >= 0.3 is 0 Å². The summed E-state index contributed by atoms with van der Waals surface area (Å²) >= 11 is 0. The first kappa shape index (κ1) is 11.3. The van der Waals surface area contributed by atoms with Crippen molar-refractivity contribution in [2.24, 2.45) is 0 Å². The Balaban J connectivity index is 2.06. The van der Waals surface area contributed by atoms with E-state index in [4.69, 9.17) is 5.73 Å². The second-order valence-corrected chi connectivity index (χ2v) is 4.15. The van der Waals surface area contributed by atoms with Gasteiger partial charge in [0.05, 0.1) is 17.6 Å². The second-order valence-electron chi connectivity index (χ2n) is 4.15. The summed E-state index contributed by atoms with van der Waals surface area (Å²) < 4.78 is 1.28. The highest BCUT2D eigenvalue weighted by molar-refractivity contribution is 5.76. The minimum absolute atomic E-state index is 0.185. The quantitative estimate of drug-likeness (QED) is 0.730. The largest absolute Gasteiger partial charge is 0.399 e. The highest BCUT2D eigenvalue weighted by Crippen LogP contribution is 2.06. The van der Waals surface area contributed by atoms with Gasteiger partial charge in [-0.3, -0.25) is 9.78 Å². The molecule has 0 aliphatic heterocycles. The lowest BCUT2D eigenvalue weighted by Gasteiger charge is -2.04. The van der Waals surface area contributed by atoms with Crippen LogP contribution in [0.5, 0.6) is 0 Å². The van der Waals surface area contributed by atoms with E-state index in [1.165, 1.54) is 4.68 Å². The normalized spacial score (nSPS) is 10.7. The number of nitrogens with two attached hydrogens (primary N) is 1. The zero-order valence-corrected chi connectivity index (χ0v) is 10.0. The van der Waals surface area contributed by atoms with Crippen molar-refractivity contribution < 1.29 is 0 Å². The number of hydrogen-bond acceptors (Lipinski definition) is 5. The van der Waals surface area contributed by atoms with Gasteiger partial charge in [0, 0.05) is 11.9 Å². The Hall–Kier alpha value is -2.76.